The molecule has 1 nitrogen and oxygen atoms in total. The van der Waals surface area contributed by atoms with Gasteiger partial charge >= 0.3 is 0 Å². The molecule has 2 aliphatic rings. The van der Waals surface area contributed by atoms with Crippen LogP contribution in [0.1, 0.15) is 68.4 Å². The van der Waals surface area contributed by atoms with E-state index in [2.05, 4.69) is 86.8 Å². The highest BCUT2D eigenvalue weighted by Gasteiger charge is 2.38. The Labute approximate surface area is 194 Å². The van der Waals surface area contributed by atoms with Crippen molar-refractivity contribution >= 4 is 28.2 Å². The number of rotatable bonds is 3. The number of piperidine rings is 1. The molecule has 0 amide bonds. The first-order chi connectivity index (χ1) is 14.0. The Kier molecular flexibility index (Phi) is 5.68. The van der Waals surface area contributed by atoms with Gasteiger partial charge < -0.3 is 5.32 Å². The lowest BCUT2D eigenvalue weighted by molar-refractivity contribution is 0.268. The van der Waals surface area contributed by atoms with E-state index < -0.39 is 0 Å². The summed E-state index contributed by atoms with van der Waals surface area (Å²) in [6.45, 7) is 13.5. The first-order valence-electron chi connectivity index (χ1n) is 11.1. The molecule has 1 fully saturated rings. The van der Waals surface area contributed by atoms with Crippen molar-refractivity contribution in [3.05, 3.63) is 76.1 Å². The number of hydrogen-bond donors (Lipinski definition) is 1. The molecule has 30 heavy (non-hydrogen) atoms. The molecule has 0 saturated carbocycles. The number of aryl methyl sites for hydroxylation is 1. The Bertz CT molecular complexity index is 990. The van der Waals surface area contributed by atoms with Crippen molar-refractivity contribution in [2.45, 2.75) is 62.7 Å². The van der Waals surface area contributed by atoms with Crippen LogP contribution in [0.2, 0.25) is 0 Å². The molecule has 1 N–H and O–H groups in total. The molecule has 0 atom stereocenters. The first-order valence-corrected chi connectivity index (χ1v) is 12.1. The van der Waals surface area contributed by atoms with E-state index in [1.807, 2.05) is 6.07 Å². The molecule has 1 spiro atoms. The zero-order valence-electron chi connectivity index (χ0n) is 18.8. The van der Waals surface area contributed by atoms with Gasteiger partial charge in [0.15, 0.2) is 0 Å². The van der Waals surface area contributed by atoms with E-state index in [0.717, 1.165) is 37.9 Å². The minimum absolute atomic E-state index is 0.0536. The number of hydrogen-bond acceptors (Lipinski definition) is 1. The molecular weight excluding hydrogens is 484 g/mol. The highest BCUT2D eigenvalue weighted by atomic mass is 127. The van der Waals surface area contributed by atoms with Gasteiger partial charge in [0.1, 0.15) is 5.82 Å². The Morgan fingerprint density at radius 1 is 0.967 bits per heavy atom. The van der Waals surface area contributed by atoms with Gasteiger partial charge in [0.05, 0.1) is 0 Å². The van der Waals surface area contributed by atoms with Gasteiger partial charge in [-0.25, -0.2) is 4.39 Å². The van der Waals surface area contributed by atoms with Crippen molar-refractivity contribution in [1.29, 1.82) is 0 Å². The van der Waals surface area contributed by atoms with Gasteiger partial charge in [-0.2, -0.15) is 0 Å². The summed E-state index contributed by atoms with van der Waals surface area (Å²) >= 11 is 2.56. The fourth-order valence-corrected chi connectivity index (χ4v) is 5.25. The lowest BCUT2D eigenvalue weighted by Crippen LogP contribution is -2.38. The molecule has 2 aromatic rings. The third-order valence-corrected chi connectivity index (χ3v) is 9.03. The van der Waals surface area contributed by atoms with E-state index in [9.17, 15) is 4.39 Å². The van der Waals surface area contributed by atoms with Gasteiger partial charge in [-0.15, -0.1) is 0 Å². The minimum Gasteiger partial charge on any atom is -0.317 e. The summed E-state index contributed by atoms with van der Waals surface area (Å²) in [5.74, 6) is -0.150. The van der Waals surface area contributed by atoms with Crippen LogP contribution in [0.15, 0.2) is 42.5 Å². The number of allylic oxidation sites excluding steroid dienone is 1. The van der Waals surface area contributed by atoms with E-state index in [4.69, 9.17) is 0 Å². The average Bonchev–Trinajstić information content (AvgIpc) is 2.67. The smallest absolute Gasteiger partial charge is 0.123 e. The van der Waals surface area contributed by atoms with Crippen molar-refractivity contribution in [1.82, 2.24) is 5.32 Å². The molecule has 1 aliphatic heterocycles. The molecule has 1 aliphatic carbocycles. The van der Waals surface area contributed by atoms with Gasteiger partial charge in [0, 0.05) is 8.84 Å². The topological polar surface area (TPSA) is 12.0 Å². The largest absolute Gasteiger partial charge is 0.317 e. The van der Waals surface area contributed by atoms with E-state index in [1.54, 1.807) is 12.1 Å². The summed E-state index contributed by atoms with van der Waals surface area (Å²) < 4.78 is 14.4. The fourth-order valence-electron chi connectivity index (χ4n) is 4.93. The summed E-state index contributed by atoms with van der Waals surface area (Å²) in [7, 11) is 0. The number of halogens is 2. The zero-order chi connectivity index (χ0) is 21.7. The Morgan fingerprint density at radius 3 is 2.30 bits per heavy atom. The zero-order valence-corrected chi connectivity index (χ0v) is 21.0. The summed E-state index contributed by atoms with van der Waals surface area (Å²) in [5, 5.41) is 3.50. The van der Waals surface area contributed by atoms with Crippen molar-refractivity contribution in [2.75, 3.05) is 13.1 Å². The maximum Gasteiger partial charge on any atom is 0.123 e. The normalized spacial score (nSPS) is 18.8. The predicted molar refractivity (Wildman–Crippen MR) is 134 cm³/mol. The van der Waals surface area contributed by atoms with E-state index in [1.165, 1.54) is 27.8 Å². The molecule has 3 heteroatoms. The lowest BCUT2D eigenvalue weighted by Gasteiger charge is -2.40. The van der Waals surface area contributed by atoms with Crippen LogP contribution in [0, 0.1) is 18.2 Å². The van der Waals surface area contributed by atoms with Gasteiger partial charge in [0.25, 0.3) is 0 Å². The maximum absolute atomic E-state index is 14.2. The molecule has 1 heterocycles. The molecule has 2 aromatic carbocycles. The third kappa shape index (κ3) is 3.88. The molecule has 0 bridgehead atoms. The Balaban J connectivity index is 1.84. The lowest BCUT2D eigenvalue weighted by atomic mass is 9.67. The standard InChI is InChI=1S/C27H33FIN/c1-18-14-20(25(2,3)26(4,5)29)7-9-22(18)24-17-27(10-12-30-13-11-27)16-19-6-8-21(28)15-23(19)24/h6-9,14-15,17,30H,10-13,16H2,1-5H3. The monoisotopic (exact) mass is 517 g/mol. The van der Waals surface area contributed by atoms with Crippen molar-refractivity contribution in [3.63, 3.8) is 0 Å². The van der Waals surface area contributed by atoms with Crippen LogP contribution in [-0.2, 0) is 11.8 Å². The summed E-state index contributed by atoms with van der Waals surface area (Å²) in [5.41, 5.74) is 7.68. The number of benzene rings is 2. The number of fused-ring (bicyclic) bond motifs is 1. The molecule has 1 saturated heterocycles. The number of alkyl halides is 1. The van der Waals surface area contributed by atoms with Crippen molar-refractivity contribution in [2.24, 2.45) is 5.41 Å². The van der Waals surface area contributed by atoms with Crippen LogP contribution in [0.5, 0.6) is 0 Å². The Morgan fingerprint density at radius 2 is 1.67 bits per heavy atom. The first kappa shape index (κ1) is 22.0. The quantitative estimate of drug-likeness (QED) is 0.342. The molecule has 160 valence electrons. The van der Waals surface area contributed by atoms with E-state index >= 15 is 0 Å². The van der Waals surface area contributed by atoms with Crippen LogP contribution in [0.3, 0.4) is 0 Å². The second-order valence-electron chi connectivity index (χ2n) is 10.3. The highest BCUT2D eigenvalue weighted by Crippen LogP contribution is 2.46. The highest BCUT2D eigenvalue weighted by molar-refractivity contribution is 14.1. The van der Waals surface area contributed by atoms with E-state index in [0.29, 0.717) is 0 Å². The summed E-state index contributed by atoms with van der Waals surface area (Å²) in [6.07, 6.45) is 5.77. The van der Waals surface area contributed by atoms with Crippen LogP contribution < -0.4 is 5.32 Å². The average molecular weight is 517 g/mol. The molecule has 4 rings (SSSR count). The van der Waals surface area contributed by atoms with E-state index in [-0.39, 0.29) is 20.1 Å². The second kappa shape index (κ2) is 7.74. The van der Waals surface area contributed by atoms with Crippen LogP contribution in [0.4, 0.5) is 4.39 Å². The number of nitrogens with one attached hydrogen (secondary N) is 1. The van der Waals surface area contributed by atoms with Gasteiger partial charge in [0.2, 0.25) is 0 Å². The van der Waals surface area contributed by atoms with Gasteiger partial charge in [-0.05, 0) is 104 Å². The van der Waals surface area contributed by atoms with Crippen molar-refractivity contribution in [3.8, 4) is 0 Å². The fraction of sp³-hybridized carbons (Fsp3) is 0.481. The summed E-state index contributed by atoms with van der Waals surface area (Å²) in [6, 6.07) is 12.3. The van der Waals surface area contributed by atoms with Gasteiger partial charge in [-0.1, -0.05) is 66.8 Å². The SMILES string of the molecule is Cc1cc(C(C)(C)C(C)(C)I)ccc1C1=CC2(CCNCC2)Cc2ccc(F)cc21. The molecule has 0 unspecified atom stereocenters. The van der Waals surface area contributed by atoms with Crippen molar-refractivity contribution < 1.29 is 4.39 Å². The van der Waals surface area contributed by atoms with Gasteiger partial charge in [-0.3, -0.25) is 0 Å². The van der Waals surface area contributed by atoms with Crippen LogP contribution >= 0.6 is 22.6 Å². The summed E-state index contributed by atoms with van der Waals surface area (Å²) in [4.78, 5) is 0. The predicted octanol–water partition coefficient (Wildman–Crippen LogP) is 6.98. The molecule has 0 aromatic heterocycles. The van der Waals surface area contributed by atoms with Crippen LogP contribution in [-0.4, -0.2) is 16.5 Å². The molecule has 0 radical (unpaired) electrons. The second-order valence-corrected chi connectivity index (χ2v) is 13.0. The van der Waals surface area contributed by atoms with Crippen LogP contribution in [0.25, 0.3) is 5.57 Å². The third-order valence-electron chi connectivity index (χ3n) is 7.68. The maximum atomic E-state index is 14.2. The Hall–Kier alpha value is -1.20. The molecular formula is C27H33FIN. The minimum atomic E-state index is -0.150.